The smallest absolute Gasteiger partial charge is 0.251 e. The Morgan fingerprint density at radius 3 is 2.50 bits per heavy atom. The van der Waals surface area contributed by atoms with Crippen molar-refractivity contribution in [3.63, 3.8) is 0 Å². The van der Waals surface area contributed by atoms with Crippen LogP contribution in [-0.2, 0) is 11.3 Å². The van der Waals surface area contributed by atoms with Gasteiger partial charge in [0.1, 0.15) is 5.82 Å². The van der Waals surface area contributed by atoms with E-state index in [1.807, 2.05) is 37.3 Å². The van der Waals surface area contributed by atoms with Crippen molar-refractivity contribution in [2.45, 2.75) is 18.6 Å². The highest BCUT2D eigenvalue weighted by molar-refractivity contribution is 7.99. The fourth-order valence-corrected chi connectivity index (χ4v) is 4.04. The van der Waals surface area contributed by atoms with Crippen molar-refractivity contribution >= 4 is 29.3 Å². The SMILES string of the molecule is Cc1cccc(-n2c(CNC(=O)c3ccccc3)nnc2SCC(=O)Nc2ccccc2F)c1. The lowest BCUT2D eigenvalue weighted by molar-refractivity contribution is -0.113. The first kappa shape index (κ1) is 23.2. The molecular formula is C25H22FN5O2S. The summed E-state index contributed by atoms with van der Waals surface area (Å²) in [7, 11) is 0. The number of nitrogens with zero attached hydrogens (tertiary/aromatic N) is 3. The molecule has 9 heteroatoms. The molecular weight excluding hydrogens is 453 g/mol. The topological polar surface area (TPSA) is 88.9 Å². The fraction of sp³-hybridized carbons (Fsp3) is 0.120. The molecule has 1 aromatic heterocycles. The van der Waals surface area contributed by atoms with Crippen molar-refractivity contribution < 1.29 is 14.0 Å². The number of hydrogen-bond acceptors (Lipinski definition) is 5. The molecule has 4 aromatic rings. The van der Waals surface area contributed by atoms with Gasteiger partial charge in [-0.3, -0.25) is 14.2 Å². The molecule has 2 amide bonds. The Labute approximate surface area is 200 Å². The van der Waals surface area contributed by atoms with Crippen molar-refractivity contribution in [2.24, 2.45) is 0 Å². The predicted octanol–water partition coefficient (Wildman–Crippen LogP) is 4.38. The van der Waals surface area contributed by atoms with Gasteiger partial charge >= 0.3 is 0 Å². The van der Waals surface area contributed by atoms with Gasteiger partial charge in [0.05, 0.1) is 18.0 Å². The van der Waals surface area contributed by atoms with Crippen LogP contribution in [0.1, 0.15) is 21.7 Å². The first-order valence-corrected chi connectivity index (χ1v) is 11.5. The van der Waals surface area contributed by atoms with E-state index in [0.29, 0.717) is 16.5 Å². The van der Waals surface area contributed by atoms with E-state index in [2.05, 4.69) is 20.8 Å². The third kappa shape index (κ3) is 5.68. The Bertz CT molecular complexity index is 1310. The average molecular weight is 476 g/mol. The quantitative estimate of drug-likeness (QED) is 0.369. The number of nitrogens with one attached hydrogen (secondary N) is 2. The molecule has 0 aliphatic rings. The third-order valence-electron chi connectivity index (χ3n) is 4.88. The van der Waals surface area contributed by atoms with Gasteiger partial charge in [-0.2, -0.15) is 0 Å². The summed E-state index contributed by atoms with van der Waals surface area (Å²) in [6.07, 6.45) is 0. The van der Waals surface area contributed by atoms with Gasteiger partial charge < -0.3 is 10.6 Å². The molecule has 0 aliphatic carbocycles. The number of rotatable bonds is 8. The number of aromatic nitrogens is 3. The molecule has 7 nitrogen and oxygen atoms in total. The Morgan fingerprint density at radius 2 is 1.74 bits per heavy atom. The van der Waals surface area contributed by atoms with Crippen molar-refractivity contribution in [3.8, 4) is 5.69 Å². The minimum absolute atomic E-state index is 0.00859. The van der Waals surface area contributed by atoms with Crippen LogP contribution in [0.3, 0.4) is 0 Å². The first-order valence-electron chi connectivity index (χ1n) is 10.5. The summed E-state index contributed by atoms with van der Waals surface area (Å²) < 4.78 is 15.6. The van der Waals surface area contributed by atoms with E-state index in [1.165, 1.54) is 23.9 Å². The molecule has 0 radical (unpaired) electrons. The molecule has 0 spiro atoms. The van der Waals surface area contributed by atoms with Crippen LogP contribution < -0.4 is 10.6 Å². The highest BCUT2D eigenvalue weighted by Crippen LogP contribution is 2.23. The van der Waals surface area contributed by atoms with Gasteiger partial charge in [0.15, 0.2) is 11.0 Å². The number of halogens is 1. The molecule has 172 valence electrons. The lowest BCUT2D eigenvalue weighted by Crippen LogP contribution is -2.24. The maximum Gasteiger partial charge on any atom is 0.251 e. The zero-order valence-electron chi connectivity index (χ0n) is 18.4. The molecule has 0 unspecified atom stereocenters. The second-order valence-corrected chi connectivity index (χ2v) is 8.38. The molecule has 2 N–H and O–H groups in total. The molecule has 34 heavy (non-hydrogen) atoms. The zero-order chi connectivity index (χ0) is 23.9. The minimum atomic E-state index is -0.500. The second kappa shape index (κ2) is 10.8. The van der Waals surface area contributed by atoms with Crippen LogP contribution in [0.5, 0.6) is 0 Å². The van der Waals surface area contributed by atoms with E-state index < -0.39 is 5.82 Å². The van der Waals surface area contributed by atoms with E-state index >= 15 is 0 Å². The average Bonchev–Trinajstić information content (AvgIpc) is 3.26. The van der Waals surface area contributed by atoms with Crippen molar-refractivity contribution in [2.75, 3.05) is 11.1 Å². The molecule has 0 fully saturated rings. The summed E-state index contributed by atoms with van der Waals surface area (Å²) in [4.78, 5) is 24.9. The highest BCUT2D eigenvalue weighted by atomic mass is 32.2. The van der Waals surface area contributed by atoms with Crippen LogP contribution in [-0.4, -0.2) is 32.3 Å². The van der Waals surface area contributed by atoms with E-state index in [4.69, 9.17) is 0 Å². The number of carbonyl (C=O) groups is 2. The third-order valence-corrected chi connectivity index (χ3v) is 5.81. The molecule has 0 bridgehead atoms. The normalized spacial score (nSPS) is 10.6. The van der Waals surface area contributed by atoms with Crippen LogP contribution in [0.2, 0.25) is 0 Å². The van der Waals surface area contributed by atoms with Crippen molar-refractivity contribution in [3.05, 3.63) is 102 Å². The number of aryl methyl sites for hydroxylation is 1. The van der Waals surface area contributed by atoms with Gasteiger partial charge in [0, 0.05) is 11.3 Å². The summed E-state index contributed by atoms with van der Waals surface area (Å²) in [6, 6.07) is 22.7. The van der Waals surface area contributed by atoms with Gasteiger partial charge in [0.2, 0.25) is 5.91 Å². The summed E-state index contributed by atoms with van der Waals surface area (Å²) in [5, 5.41) is 14.4. The minimum Gasteiger partial charge on any atom is -0.345 e. The zero-order valence-corrected chi connectivity index (χ0v) is 19.2. The number of amides is 2. The van der Waals surface area contributed by atoms with Crippen molar-refractivity contribution in [1.29, 1.82) is 0 Å². The van der Waals surface area contributed by atoms with Crippen LogP contribution >= 0.6 is 11.8 Å². The molecule has 0 saturated heterocycles. The largest absolute Gasteiger partial charge is 0.345 e. The van der Waals surface area contributed by atoms with E-state index in [-0.39, 0.29) is 29.8 Å². The van der Waals surface area contributed by atoms with Crippen molar-refractivity contribution in [1.82, 2.24) is 20.1 Å². The Kier molecular flexibility index (Phi) is 7.34. The summed E-state index contributed by atoms with van der Waals surface area (Å²) in [5.41, 5.74) is 2.52. The molecule has 0 aliphatic heterocycles. The first-order chi connectivity index (χ1) is 16.5. The van der Waals surface area contributed by atoms with Crippen LogP contribution in [0.15, 0.2) is 84.0 Å². The molecule has 4 rings (SSSR count). The van der Waals surface area contributed by atoms with E-state index in [9.17, 15) is 14.0 Å². The maximum atomic E-state index is 13.8. The van der Waals surface area contributed by atoms with E-state index in [1.54, 1.807) is 41.0 Å². The number of anilines is 1. The summed E-state index contributed by atoms with van der Waals surface area (Å²) in [5.74, 6) is -0.563. The molecule has 0 saturated carbocycles. The molecule has 3 aromatic carbocycles. The Hall–Kier alpha value is -3.98. The standard InChI is InChI=1S/C25H22FN5O2S/c1-17-8-7-11-19(14-17)31-22(15-27-24(33)18-9-3-2-4-10-18)29-30-25(31)34-16-23(32)28-21-13-6-5-12-20(21)26/h2-14H,15-16H2,1H3,(H,27,33)(H,28,32). The fourth-order valence-electron chi connectivity index (χ4n) is 3.26. The van der Waals surface area contributed by atoms with Gasteiger partial charge in [-0.1, -0.05) is 54.2 Å². The maximum absolute atomic E-state index is 13.8. The van der Waals surface area contributed by atoms with Gasteiger partial charge in [-0.25, -0.2) is 4.39 Å². The Morgan fingerprint density at radius 1 is 0.971 bits per heavy atom. The summed E-state index contributed by atoms with van der Waals surface area (Å²) >= 11 is 1.17. The Balaban J connectivity index is 1.51. The lowest BCUT2D eigenvalue weighted by Gasteiger charge is -2.12. The van der Waals surface area contributed by atoms with Gasteiger partial charge in [0.25, 0.3) is 5.91 Å². The lowest BCUT2D eigenvalue weighted by atomic mass is 10.2. The van der Waals surface area contributed by atoms with Gasteiger partial charge in [-0.15, -0.1) is 10.2 Å². The van der Waals surface area contributed by atoms with Crippen LogP contribution in [0.4, 0.5) is 10.1 Å². The molecule has 0 atom stereocenters. The number of hydrogen-bond donors (Lipinski definition) is 2. The number of para-hydroxylation sites is 1. The van der Waals surface area contributed by atoms with Crippen LogP contribution in [0.25, 0.3) is 5.69 Å². The highest BCUT2D eigenvalue weighted by Gasteiger charge is 2.17. The van der Waals surface area contributed by atoms with E-state index in [0.717, 1.165) is 11.3 Å². The molecule has 1 heterocycles. The number of benzene rings is 3. The predicted molar refractivity (Wildman–Crippen MR) is 129 cm³/mol. The second-order valence-electron chi connectivity index (χ2n) is 7.44. The van der Waals surface area contributed by atoms with Gasteiger partial charge in [-0.05, 0) is 48.9 Å². The van der Waals surface area contributed by atoms with Crippen LogP contribution in [0, 0.1) is 12.7 Å². The monoisotopic (exact) mass is 475 g/mol. The number of thioether (sulfide) groups is 1. The summed E-state index contributed by atoms with van der Waals surface area (Å²) in [6.45, 7) is 2.12. The number of carbonyl (C=O) groups excluding carboxylic acids is 2.